The molecule has 0 unspecified atom stereocenters. The molecule has 0 atom stereocenters. The van der Waals surface area contributed by atoms with E-state index in [2.05, 4.69) is 29.3 Å². The van der Waals surface area contributed by atoms with Crippen LogP contribution in [0.3, 0.4) is 0 Å². The minimum absolute atomic E-state index is 0.109. The highest BCUT2D eigenvalue weighted by molar-refractivity contribution is 6.00. The van der Waals surface area contributed by atoms with Crippen LogP contribution in [0, 0.1) is 12.7 Å². The molecule has 0 bridgehead atoms. The van der Waals surface area contributed by atoms with Crippen LogP contribution in [0.25, 0.3) is 22.0 Å². The van der Waals surface area contributed by atoms with Crippen LogP contribution in [-0.4, -0.2) is 16.3 Å². The average molecular weight is 415 g/mol. The normalized spacial score (nSPS) is 12.3. The highest BCUT2D eigenvalue weighted by Crippen LogP contribution is 2.37. The van der Waals surface area contributed by atoms with Crippen LogP contribution in [0.1, 0.15) is 49.4 Å². The number of aromatic amines is 1. The number of nitrogens with one attached hydrogen (secondary N) is 1. The number of halogens is 1. The van der Waals surface area contributed by atoms with E-state index in [0.717, 1.165) is 44.5 Å². The first-order valence-electron chi connectivity index (χ1n) is 10.7. The number of nitrogens with zero attached hydrogens (tertiary/aromatic N) is 1. The first kappa shape index (κ1) is 20.9. The fourth-order valence-electron chi connectivity index (χ4n) is 3.95. The lowest BCUT2D eigenvalue weighted by Gasteiger charge is -2.18. The summed E-state index contributed by atoms with van der Waals surface area (Å²) < 4.78 is 20.8. The van der Waals surface area contributed by atoms with Gasteiger partial charge in [0.2, 0.25) is 0 Å². The van der Waals surface area contributed by atoms with E-state index in [9.17, 15) is 0 Å². The first-order chi connectivity index (χ1) is 15.0. The maximum atomic E-state index is 15.0. The molecule has 4 rings (SSSR count). The van der Waals surface area contributed by atoms with E-state index < -0.39 is 0 Å². The van der Waals surface area contributed by atoms with E-state index >= 15 is 4.39 Å². The molecule has 4 aromatic rings. The zero-order chi connectivity index (χ0) is 22.0. The van der Waals surface area contributed by atoms with Crippen LogP contribution in [0.5, 0.6) is 5.75 Å². The van der Waals surface area contributed by atoms with E-state index in [1.165, 1.54) is 0 Å². The summed E-state index contributed by atoms with van der Waals surface area (Å²) in [4.78, 5) is 0. The molecule has 1 aromatic heterocycles. The first-order valence-corrected chi connectivity index (χ1v) is 10.7. The molecular formula is C27H27FN2O. The largest absolute Gasteiger partial charge is 0.491 e. The van der Waals surface area contributed by atoms with Gasteiger partial charge in [0, 0.05) is 10.9 Å². The van der Waals surface area contributed by atoms with Crippen LogP contribution in [-0.2, 0) is 0 Å². The van der Waals surface area contributed by atoms with E-state index in [1.54, 1.807) is 6.07 Å². The highest BCUT2D eigenvalue weighted by atomic mass is 19.1. The van der Waals surface area contributed by atoms with Crippen molar-refractivity contribution in [1.82, 2.24) is 10.2 Å². The van der Waals surface area contributed by atoms with Gasteiger partial charge in [0.25, 0.3) is 0 Å². The molecule has 1 N–H and O–H groups in total. The standard InChI is InChI=1S/C27H27FN2O/c1-5-23(24-12-6-18(4)14-25(24)28)27(19-7-10-22(11-8-19)31-17(2)3)20-9-13-26-21(15-20)16-29-30-26/h6-17H,5H2,1-4H3,(H,29,30)/b27-23+. The zero-order valence-corrected chi connectivity index (χ0v) is 18.4. The second-order valence-electron chi connectivity index (χ2n) is 8.05. The predicted octanol–water partition coefficient (Wildman–Crippen LogP) is 7.17. The molecule has 0 aliphatic carbocycles. The van der Waals surface area contributed by atoms with Crippen molar-refractivity contribution in [3.05, 3.63) is 94.9 Å². The van der Waals surface area contributed by atoms with Gasteiger partial charge in [-0.25, -0.2) is 4.39 Å². The summed E-state index contributed by atoms with van der Waals surface area (Å²) >= 11 is 0. The fraction of sp³-hybridized carbons (Fsp3) is 0.222. The summed E-state index contributed by atoms with van der Waals surface area (Å²) in [5.41, 5.74) is 6.57. The van der Waals surface area contributed by atoms with Crippen LogP contribution < -0.4 is 4.74 Å². The van der Waals surface area contributed by atoms with Crippen LogP contribution in [0.15, 0.2) is 66.9 Å². The van der Waals surface area contributed by atoms with E-state index in [0.29, 0.717) is 12.0 Å². The SMILES string of the molecule is CC/C(=C(/c1ccc(OC(C)C)cc1)c1ccc2[nH]ncc2c1)c1ccc(C)cc1F. The monoisotopic (exact) mass is 414 g/mol. The molecule has 0 aliphatic heterocycles. The number of ether oxygens (including phenoxy) is 1. The number of fused-ring (bicyclic) bond motifs is 1. The minimum Gasteiger partial charge on any atom is -0.491 e. The predicted molar refractivity (Wildman–Crippen MR) is 126 cm³/mol. The van der Waals surface area contributed by atoms with Gasteiger partial charge in [0.15, 0.2) is 0 Å². The molecule has 0 fully saturated rings. The average Bonchev–Trinajstić information content (AvgIpc) is 3.21. The Morgan fingerprint density at radius 2 is 1.74 bits per heavy atom. The zero-order valence-electron chi connectivity index (χ0n) is 18.4. The molecule has 3 nitrogen and oxygen atoms in total. The van der Waals surface area contributed by atoms with Gasteiger partial charge < -0.3 is 4.74 Å². The van der Waals surface area contributed by atoms with E-state index in [1.807, 2.05) is 69.4 Å². The number of hydrogen-bond acceptors (Lipinski definition) is 2. The Kier molecular flexibility index (Phi) is 5.90. The van der Waals surface area contributed by atoms with Crippen molar-refractivity contribution in [2.75, 3.05) is 0 Å². The summed E-state index contributed by atoms with van der Waals surface area (Å²) in [5.74, 6) is 0.626. The maximum absolute atomic E-state index is 15.0. The lowest BCUT2D eigenvalue weighted by atomic mass is 9.87. The Balaban J connectivity index is 1.94. The number of rotatable bonds is 6. The molecule has 0 aliphatic rings. The number of hydrogen-bond donors (Lipinski definition) is 1. The van der Waals surface area contributed by atoms with Crippen molar-refractivity contribution in [2.45, 2.75) is 40.2 Å². The summed E-state index contributed by atoms with van der Waals surface area (Å²) in [6.07, 6.45) is 2.62. The van der Waals surface area contributed by atoms with Gasteiger partial charge >= 0.3 is 0 Å². The Labute approximate surface area is 182 Å². The third kappa shape index (κ3) is 4.38. The Hall–Kier alpha value is -3.40. The molecule has 31 heavy (non-hydrogen) atoms. The number of H-pyrrole nitrogens is 1. The molecule has 0 spiro atoms. The minimum atomic E-state index is -0.196. The van der Waals surface area contributed by atoms with Crippen molar-refractivity contribution in [3.8, 4) is 5.75 Å². The smallest absolute Gasteiger partial charge is 0.130 e. The van der Waals surface area contributed by atoms with Gasteiger partial charge in [-0.15, -0.1) is 0 Å². The maximum Gasteiger partial charge on any atom is 0.130 e. The molecule has 0 amide bonds. The van der Waals surface area contributed by atoms with Crippen LogP contribution >= 0.6 is 0 Å². The van der Waals surface area contributed by atoms with Gasteiger partial charge in [-0.3, -0.25) is 5.10 Å². The summed E-state index contributed by atoms with van der Waals surface area (Å²) in [5, 5.41) is 8.16. The van der Waals surface area contributed by atoms with Gasteiger partial charge in [0.1, 0.15) is 11.6 Å². The molecule has 158 valence electrons. The van der Waals surface area contributed by atoms with Gasteiger partial charge in [0.05, 0.1) is 17.8 Å². The van der Waals surface area contributed by atoms with E-state index in [4.69, 9.17) is 4.74 Å². The van der Waals surface area contributed by atoms with Crippen LogP contribution in [0.4, 0.5) is 4.39 Å². The summed E-state index contributed by atoms with van der Waals surface area (Å²) in [6, 6.07) is 19.7. The Bertz CT molecular complexity index is 1240. The third-order valence-corrected chi connectivity index (χ3v) is 5.35. The molecule has 0 saturated heterocycles. The molecule has 1 heterocycles. The number of aryl methyl sites for hydroxylation is 1. The molecule has 4 heteroatoms. The summed E-state index contributed by atoms with van der Waals surface area (Å²) in [6.45, 7) is 7.99. The second-order valence-corrected chi connectivity index (χ2v) is 8.05. The van der Waals surface area contributed by atoms with Crippen molar-refractivity contribution in [1.29, 1.82) is 0 Å². The Morgan fingerprint density at radius 3 is 2.42 bits per heavy atom. The summed E-state index contributed by atoms with van der Waals surface area (Å²) in [7, 11) is 0. The fourth-order valence-corrected chi connectivity index (χ4v) is 3.95. The molecular weight excluding hydrogens is 387 g/mol. The van der Waals surface area contributed by atoms with Crippen molar-refractivity contribution < 1.29 is 9.13 Å². The van der Waals surface area contributed by atoms with Crippen molar-refractivity contribution in [2.24, 2.45) is 0 Å². The van der Waals surface area contributed by atoms with E-state index in [-0.39, 0.29) is 11.9 Å². The molecule has 0 saturated carbocycles. The van der Waals surface area contributed by atoms with Crippen molar-refractivity contribution >= 4 is 22.0 Å². The Morgan fingerprint density at radius 1 is 1.00 bits per heavy atom. The third-order valence-electron chi connectivity index (χ3n) is 5.35. The van der Waals surface area contributed by atoms with Gasteiger partial charge in [-0.05, 0) is 85.4 Å². The topological polar surface area (TPSA) is 37.9 Å². The second kappa shape index (κ2) is 8.76. The lowest BCUT2D eigenvalue weighted by molar-refractivity contribution is 0.242. The van der Waals surface area contributed by atoms with Gasteiger partial charge in [-0.1, -0.05) is 37.3 Å². The quantitative estimate of drug-likeness (QED) is 0.340. The number of aromatic nitrogens is 2. The molecule has 0 radical (unpaired) electrons. The van der Waals surface area contributed by atoms with Crippen LogP contribution in [0.2, 0.25) is 0 Å². The lowest BCUT2D eigenvalue weighted by Crippen LogP contribution is -2.05. The highest BCUT2D eigenvalue weighted by Gasteiger charge is 2.17. The molecule has 3 aromatic carbocycles. The van der Waals surface area contributed by atoms with Crippen molar-refractivity contribution in [3.63, 3.8) is 0 Å². The van der Waals surface area contributed by atoms with Gasteiger partial charge in [-0.2, -0.15) is 5.10 Å². The number of allylic oxidation sites excluding steroid dienone is 1. The number of benzene rings is 3.